The highest BCUT2D eigenvalue weighted by molar-refractivity contribution is 9.10. The maximum Gasteiger partial charge on any atom is 0.196 e. The highest BCUT2D eigenvalue weighted by Crippen LogP contribution is 2.24. The van der Waals surface area contributed by atoms with Crippen LogP contribution in [0.25, 0.3) is 0 Å². The predicted molar refractivity (Wildman–Crippen MR) is 64.7 cm³/mol. The number of rotatable bonds is 2. The second-order valence-electron chi connectivity index (χ2n) is 2.85. The van der Waals surface area contributed by atoms with Gasteiger partial charge in [0, 0.05) is 38.8 Å². The third-order valence-electron chi connectivity index (χ3n) is 1.83. The lowest BCUT2D eigenvalue weighted by atomic mass is 10.1. The zero-order valence-corrected chi connectivity index (χ0v) is 10.6. The van der Waals surface area contributed by atoms with E-state index in [0.717, 1.165) is 4.47 Å². The van der Waals surface area contributed by atoms with E-state index in [4.69, 9.17) is 11.6 Å². The number of halogens is 2. The molecule has 0 saturated heterocycles. The van der Waals surface area contributed by atoms with Crippen LogP contribution in [0, 0.1) is 0 Å². The summed E-state index contributed by atoms with van der Waals surface area (Å²) in [6, 6.07) is 1.61. The fraction of sp³-hybridized carbons (Fsp3) is 0. The number of hydrogen-bond donors (Lipinski definition) is 0. The molecule has 15 heavy (non-hydrogen) atoms. The number of carbonyl (C=O) groups is 1. The smallest absolute Gasteiger partial charge is 0.196 e. The predicted octanol–water partition coefficient (Wildman–Crippen LogP) is 3.79. The van der Waals surface area contributed by atoms with E-state index in [1.54, 1.807) is 11.4 Å². The molecule has 5 heteroatoms. The van der Waals surface area contributed by atoms with E-state index in [-0.39, 0.29) is 5.78 Å². The Morgan fingerprint density at radius 1 is 1.40 bits per heavy atom. The number of thiophene rings is 1. The molecule has 0 aliphatic rings. The summed E-state index contributed by atoms with van der Waals surface area (Å²) in [6.45, 7) is 0. The normalized spacial score (nSPS) is 10.3. The zero-order valence-electron chi connectivity index (χ0n) is 7.41. The first kappa shape index (κ1) is 10.8. The summed E-state index contributed by atoms with van der Waals surface area (Å²) >= 11 is 10.6. The van der Waals surface area contributed by atoms with Gasteiger partial charge >= 0.3 is 0 Å². The minimum absolute atomic E-state index is 0.0712. The van der Waals surface area contributed by atoms with Crippen LogP contribution in [0.3, 0.4) is 0 Å². The minimum atomic E-state index is -0.0712. The Balaban J connectivity index is 2.41. The van der Waals surface area contributed by atoms with E-state index >= 15 is 0 Å². The van der Waals surface area contributed by atoms with Crippen LogP contribution >= 0.6 is 38.9 Å². The van der Waals surface area contributed by atoms with Gasteiger partial charge in [0.1, 0.15) is 0 Å². The topological polar surface area (TPSA) is 30.0 Å². The minimum Gasteiger partial charge on any atom is -0.288 e. The van der Waals surface area contributed by atoms with Gasteiger partial charge in [-0.1, -0.05) is 11.6 Å². The van der Waals surface area contributed by atoms with Crippen molar-refractivity contribution in [2.45, 2.75) is 0 Å². The van der Waals surface area contributed by atoms with Gasteiger partial charge in [-0.2, -0.15) is 11.3 Å². The number of pyridine rings is 1. The molecule has 76 valence electrons. The molecule has 0 fully saturated rings. The highest BCUT2D eigenvalue weighted by Gasteiger charge is 2.13. The Labute approximate surface area is 104 Å². The van der Waals surface area contributed by atoms with Crippen LogP contribution in [-0.4, -0.2) is 10.8 Å². The Kier molecular flexibility index (Phi) is 3.19. The lowest BCUT2D eigenvalue weighted by Crippen LogP contribution is -2.00. The number of nitrogens with zero attached hydrogens (tertiary/aromatic N) is 1. The van der Waals surface area contributed by atoms with Crippen molar-refractivity contribution in [3.8, 4) is 0 Å². The van der Waals surface area contributed by atoms with Crippen LogP contribution in [0.2, 0.25) is 5.02 Å². The summed E-state index contributed by atoms with van der Waals surface area (Å²) in [5, 5.41) is 4.13. The third kappa shape index (κ3) is 2.27. The molecule has 2 rings (SSSR count). The molecule has 0 N–H and O–H groups in total. The van der Waals surface area contributed by atoms with Crippen molar-refractivity contribution in [1.82, 2.24) is 4.98 Å². The van der Waals surface area contributed by atoms with Gasteiger partial charge in [-0.15, -0.1) is 0 Å². The number of aromatic nitrogens is 1. The standard InChI is InChI=1S/C10H5BrClNOS/c11-9-5-15-4-8(9)10(14)6-1-7(12)3-13-2-6/h1-5H. The van der Waals surface area contributed by atoms with Gasteiger partial charge in [-0.3, -0.25) is 9.78 Å². The average molecular weight is 303 g/mol. The molecule has 0 unspecified atom stereocenters. The number of carbonyl (C=O) groups excluding carboxylic acids is 1. The molecule has 0 aliphatic heterocycles. The van der Waals surface area contributed by atoms with Gasteiger partial charge in [-0.05, 0) is 22.0 Å². The van der Waals surface area contributed by atoms with Gasteiger partial charge in [0.25, 0.3) is 0 Å². The Bertz CT molecular complexity index is 512. The van der Waals surface area contributed by atoms with Gasteiger partial charge in [-0.25, -0.2) is 0 Å². The van der Waals surface area contributed by atoms with Crippen molar-refractivity contribution in [2.24, 2.45) is 0 Å². The van der Waals surface area contributed by atoms with E-state index in [1.807, 2.05) is 5.38 Å². The van der Waals surface area contributed by atoms with E-state index in [1.165, 1.54) is 23.7 Å². The van der Waals surface area contributed by atoms with Gasteiger partial charge in [0.2, 0.25) is 0 Å². The monoisotopic (exact) mass is 301 g/mol. The van der Waals surface area contributed by atoms with E-state index in [9.17, 15) is 4.79 Å². The van der Waals surface area contributed by atoms with Gasteiger partial charge < -0.3 is 0 Å². The fourth-order valence-corrected chi connectivity index (χ4v) is 2.76. The molecule has 0 amide bonds. The summed E-state index contributed by atoms with van der Waals surface area (Å²) in [4.78, 5) is 15.8. The Morgan fingerprint density at radius 2 is 2.20 bits per heavy atom. The fourth-order valence-electron chi connectivity index (χ4n) is 1.14. The molecule has 2 nitrogen and oxygen atoms in total. The lowest BCUT2D eigenvalue weighted by molar-refractivity contribution is 0.103. The van der Waals surface area contributed by atoms with Crippen LogP contribution in [-0.2, 0) is 0 Å². The summed E-state index contributed by atoms with van der Waals surface area (Å²) in [7, 11) is 0. The highest BCUT2D eigenvalue weighted by atomic mass is 79.9. The molecule has 0 atom stereocenters. The largest absolute Gasteiger partial charge is 0.288 e. The first-order chi connectivity index (χ1) is 7.18. The van der Waals surface area contributed by atoms with Crippen LogP contribution < -0.4 is 0 Å². The molecule has 0 aromatic carbocycles. The van der Waals surface area contributed by atoms with Crippen molar-refractivity contribution in [3.05, 3.63) is 49.8 Å². The molecule has 0 aliphatic carbocycles. The average Bonchev–Trinajstić information content (AvgIpc) is 2.63. The van der Waals surface area contributed by atoms with Crippen LogP contribution in [0.5, 0.6) is 0 Å². The van der Waals surface area contributed by atoms with Crippen LogP contribution in [0.1, 0.15) is 15.9 Å². The zero-order chi connectivity index (χ0) is 10.8. The maximum absolute atomic E-state index is 12.0. The molecule has 2 aromatic rings. The van der Waals surface area contributed by atoms with E-state index < -0.39 is 0 Å². The second kappa shape index (κ2) is 4.43. The third-order valence-corrected chi connectivity index (χ3v) is 3.74. The summed E-state index contributed by atoms with van der Waals surface area (Å²) in [5.74, 6) is -0.0712. The molecule has 0 spiro atoms. The van der Waals surface area contributed by atoms with Crippen molar-refractivity contribution in [1.29, 1.82) is 0 Å². The SMILES string of the molecule is O=C(c1cncc(Cl)c1)c1cscc1Br. The molecule has 0 saturated carbocycles. The molecule has 0 bridgehead atoms. The van der Waals surface area contributed by atoms with Gasteiger partial charge in [0.15, 0.2) is 5.78 Å². The molecular weight excluding hydrogens is 298 g/mol. The van der Waals surface area contributed by atoms with Crippen LogP contribution in [0.15, 0.2) is 33.7 Å². The van der Waals surface area contributed by atoms with Crippen molar-refractivity contribution in [3.63, 3.8) is 0 Å². The first-order valence-corrected chi connectivity index (χ1v) is 6.17. The quantitative estimate of drug-likeness (QED) is 0.790. The van der Waals surface area contributed by atoms with Crippen molar-refractivity contribution in [2.75, 3.05) is 0 Å². The van der Waals surface area contributed by atoms with E-state index in [2.05, 4.69) is 20.9 Å². The van der Waals surface area contributed by atoms with Gasteiger partial charge in [0.05, 0.1) is 5.02 Å². The summed E-state index contributed by atoms with van der Waals surface area (Å²) in [5.41, 5.74) is 1.14. The number of hydrogen-bond acceptors (Lipinski definition) is 3. The van der Waals surface area contributed by atoms with Crippen molar-refractivity contribution >= 4 is 44.7 Å². The Hall–Kier alpha value is -0.710. The Morgan fingerprint density at radius 3 is 2.80 bits per heavy atom. The molecular formula is C10H5BrClNOS. The molecule has 2 aromatic heterocycles. The maximum atomic E-state index is 12.0. The summed E-state index contributed by atoms with van der Waals surface area (Å²) < 4.78 is 0.803. The lowest BCUT2D eigenvalue weighted by Gasteiger charge is -1.99. The first-order valence-electron chi connectivity index (χ1n) is 4.05. The number of ketones is 1. The van der Waals surface area contributed by atoms with Crippen molar-refractivity contribution < 1.29 is 4.79 Å². The molecule has 2 heterocycles. The summed E-state index contributed by atoms with van der Waals surface area (Å²) in [6.07, 6.45) is 3.01. The van der Waals surface area contributed by atoms with E-state index in [0.29, 0.717) is 16.1 Å². The van der Waals surface area contributed by atoms with Crippen LogP contribution in [0.4, 0.5) is 0 Å². The molecule has 0 radical (unpaired) electrons. The second-order valence-corrected chi connectivity index (χ2v) is 4.89.